The van der Waals surface area contributed by atoms with E-state index in [1.54, 1.807) is 12.4 Å². The van der Waals surface area contributed by atoms with Gasteiger partial charge < -0.3 is 4.90 Å². The molecular weight excluding hydrogens is 404 g/mol. The van der Waals surface area contributed by atoms with Gasteiger partial charge in [0, 0.05) is 24.5 Å². The van der Waals surface area contributed by atoms with E-state index in [0.717, 1.165) is 46.5 Å². The standard InChI is InChI=1S/C21H21BrN4O/c1-14-20(22)15(2)26(24-14)18-7-5-17(6-8-18)21(27)25-13-3-4-19(25)16-9-11-23-12-10-16/h5-12,19H,3-4,13H2,1-2H3/t19-/m0/s1. The Morgan fingerprint density at radius 3 is 2.44 bits per heavy atom. The number of carbonyl (C=O) groups is 1. The van der Waals surface area contributed by atoms with E-state index >= 15 is 0 Å². The lowest BCUT2D eigenvalue weighted by Gasteiger charge is -2.25. The van der Waals surface area contributed by atoms with Crippen molar-refractivity contribution < 1.29 is 4.79 Å². The summed E-state index contributed by atoms with van der Waals surface area (Å²) in [7, 11) is 0. The first kappa shape index (κ1) is 17.9. The van der Waals surface area contributed by atoms with E-state index in [1.807, 2.05) is 59.8 Å². The monoisotopic (exact) mass is 424 g/mol. The Labute approximate surface area is 167 Å². The number of likely N-dealkylation sites (tertiary alicyclic amines) is 1. The van der Waals surface area contributed by atoms with Gasteiger partial charge in [0.05, 0.1) is 27.6 Å². The minimum Gasteiger partial charge on any atom is -0.332 e. The average molecular weight is 425 g/mol. The highest BCUT2D eigenvalue weighted by Crippen LogP contribution is 2.33. The van der Waals surface area contributed by atoms with Crippen LogP contribution in [-0.2, 0) is 0 Å². The topological polar surface area (TPSA) is 51.0 Å². The number of halogens is 1. The summed E-state index contributed by atoms with van der Waals surface area (Å²) in [6.45, 7) is 4.78. The first-order valence-electron chi connectivity index (χ1n) is 9.09. The molecule has 4 rings (SSSR count). The van der Waals surface area contributed by atoms with Crippen molar-refractivity contribution in [1.82, 2.24) is 19.7 Å². The highest BCUT2D eigenvalue weighted by Gasteiger charge is 2.30. The fraction of sp³-hybridized carbons (Fsp3) is 0.286. The van der Waals surface area contributed by atoms with Crippen LogP contribution in [0.15, 0.2) is 53.3 Å². The molecule has 0 aliphatic carbocycles. The average Bonchev–Trinajstić information content (AvgIpc) is 3.29. The smallest absolute Gasteiger partial charge is 0.254 e. The first-order chi connectivity index (χ1) is 13.1. The number of hydrogen-bond donors (Lipinski definition) is 0. The van der Waals surface area contributed by atoms with Gasteiger partial charge in [0.1, 0.15) is 0 Å². The Hall–Kier alpha value is -2.47. The molecule has 1 saturated heterocycles. The minimum atomic E-state index is 0.0791. The molecule has 1 aliphatic heterocycles. The third kappa shape index (κ3) is 3.30. The molecule has 1 aliphatic rings. The van der Waals surface area contributed by atoms with Gasteiger partial charge in [-0.25, -0.2) is 4.68 Å². The lowest BCUT2D eigenvalue weighted by Crippen LogP contribution is -2.30. The normalized spacial score (nSPS) is 16.7. The largest absolute Gasteiger partial charge is 0.332 e. The number of rotatable bonds is 3. The van der Waals surface area contributed by atoms with Crippen LogP contribution in [-0.4, -0.2) is 32.1 Å². The second kappa shape index (κ2) is 7.27. The SMILES string of the molecule is Cc1nn(-c2ccc(C(=O)N3CCC[C@H]3c3ccncc3)cc2)c(C)c1Br. The van der Waals surface area contributed by atoms with Crippen LogP contribution in [0, 0.1) is 13.8 Å². The number of amides is 1. The molecule has 5 nitrogen and oxygen atoms in total. The molecule has 0 radical (unpaired) electrons. The van der Waals surface area contributed by atoms with Crippen molar-refractivity contribution in [3.63, 3.8) is 0 Å². The molecule has 1 atom stereocenters. The fourth-order valence-corrected chi connectivity index (χ4v) is 3.98. The second-order valence-electron chi connectivity index (χ2n) is 6.88. The Bertz CT molecular complexity index is 966. The Morgan fingerprint density at radius 1 is 1.11 bits per heavy atom. The summed E-state index contributed by atoms with van der Waals surface area (Å²) in [6, 6.07) is 11.8. The van der Waals surface area contributed by atoms with E-state index in [-0.39, 0.29) is 11.9 Å². The first-order valence-corrected chi connectivity index (χ1v) is 9.88. The van der Waals surface area contributed by atoms with E-state index in [4.69, 9.17) is 0 Å². The number of nitrogens with zero attached hydrogens (tertiary/aromatic N) is 4. The second-order valence-corrected chi connectivity index (χ2v) is 7.67. The van der Waals surface area contributed by atoms with Crippen LogP contribution in [0.3, 0.4) is 0 Å². The fourth-order valence-electron chi connectivity index (χ4n) is 3.73. The number of hydrogen-bond acceptors (Lipinski definition) is 3. The van der Waals surface area contributed by atoms with E-state index in [0.29, 0.717) is 5.56 Å². The number of aromatic nitrogens is 3. The third-order valence-electron chi connectivity index (χ3n) is 5.17. The van der Waals surface area contributed by atoms with E-state index in [9.17, 15) is 4.79 Å². The van der Waals surface area contributed by atoms with Gasteiger partial charge in [0.15, 0.2) is 0 Å². The van der Waals surface area contributed by atoms with Crippen LogP contribution in [0.25, 0.3) is 5.69 Å². The highest BCUT2D eigenvalue weighted by molar-refractivity contribution is 9.10. The molecular formula is C21H21BrN4O. The van der Waals surface area contributed by atoms with Crippen molar-refractivity contribution in [2.75, 3.05) is 6.54 Å². The summed E-state index contributed by atoms with van der Waals surface area (Å²) in [5.41, 5.74) is 4.80. The lowest BCUT2D eigenvalue weighted by atomic mass is 10.1. The Balaban J connectivity index is 1.58. The molecule has 0 saturated carbocycles. The van der Waals surface area contributed by atoms with Crippen molar-refractivity contribution in [2.24, 2.45) is 0 Å². The number of aryl methyl sites for hydroxylation is 1. The van der Waals surface area contributed by atoms with E-state index < -0.39 is 0 Å². The maximum atomic E-state index is 13.1. The third-order valence-corrected chi connectivity index (χ3v) is 6.31. The van der Waals surface area contributed by atoms with Crippen LogP contribution < -0.4 is 0 Å². The maximum absolute atomic E-state index is 13.1. The molecule has 0 spiro atoms. The van der Waals surface area contributed by atoms with Crippen LogP contribution in [0.4, 0.5) is 0 Å². The lowest BCUT2D eigenvalue weighted by molar-refractivity contribution is 0.0735. The zero-order chi connectivity index (χ0) is 19.0. The predicted octanol–water partition coefficient (Wildman–Crippen LogP) is 4.62. The summed E-state index contributed by atoms with van der Waals surface area (Å²) in [6.07, 6.45) is 5.60. The number of benzene rings is 1. The van der Waals surface area contributed by atoms with Gasteiger partial charge in [-0.3, -0.25) is 9.78 Å². The highest BCUT2D eigenvalue weighted by atomic mass is 79.9. The zero-order valence-corrected chi connectivity index (χ0v) is 17.0. The van der Waals surface area contributed by atoms with Crippen LogP contribution in [0.1, 0.15) is 46.2 Å². The number of pyridine rings is 1. The van der Waals surface area contributed by atoms with Crippen molar-refractivity contribution in [1.29, 1.82) is 0 Å². The maximum Gasteiger partial charge on any atom is 0.254 e. The van der Waals surface area contributed by atoms with Crippen LogP contribution in [0.2, 0.25) is 0 Å². The molecule has 1 aromatic carbocycles. The van der Waals surface area contributed by atoms with Gasteiger partial charge >= 0.3 is 0 Å². The summed E-state index contributed by atoms with van der Waals surface area (Å²) in [5.74, 6) is 0.0791. The molecule has 3 aromatic rings. The molecule has 1 fully saturated rings. The molecule has 138 valence electrons. The molecule has 1 amide bonds. The minimum absolute atomic E-state index is 0.0791. The zero-order valence-electron chi connectivity index (χ0n) is 15.4. The van der Waals surface area contributed by atoms with E-state index in [2.05, 4.69) is 26.0 Å². The Kier molecular flexibility index (Phi) is 4.83. The van der Waals surface area contributed by atoms with Crippen molar-refractivity contribution in [3.8, 4) is 5.69 Å². The summed E-state index contributed by atoms with van der Waals surface area (Å²) >= 11 is 3.56. The van der Waals surface area contributed by atoms with Gasteiger partial charge in [-0.15, -0.1) is 0 Å². The quantitative estimate of drug-likeness (QED) is 0.615. The van der Waals surface area contributed by atoms with E-state index in [1.165, 1.54) is 0 Å². The van der Waals surface area contributed by atoms with Gasteiger partial charge in [-0.2, -0.15) is 5.10 Å². The van der Waals surface area contributed by atoms with Gasteiger partial charge in [0.25, 0.3) is 5.91 Å². The summed E-state index contributed by atoms with van der Waals surface area (Å²) in [4.78, 5) is 19.1. The summed E-state index contributed by atoms with van der Waals surface area (Å²) < 4.78 is 2.91. The van der Waals surface area contributed by atoms with Crippen molar-refractivity contribution in [3.05, 3.63) is 75.8 Å². The molecule has 0 unspecified atom stereocenters. The molecule has 0 N–H and O–H groups in total. The van der Waals surface area contributed by atoms with Crippen molar-refractivity contribution >= 4 is 21.8 Å². The van der Waals surface area contributed by atoms with Gasteiger partial charge in [-0.05, 0) is 84.6 Å². The molecule has 2 aromatic heterocycles. The molecule has 27 heavy (non-hydrogen) atoms. The van der Waals surface area contributed by atoms with Crippen LogP contribution in [0.5, 0.6) is 0 Å². The summed E-state index contributed by atoms with van der Waals surface area (Å²) in [5, 5.41) is 4.55. The number of carbonyl (C=O) groups excluding carboxylic acids is 1. The van der Waals surface area contributed by atoms with Crippen LogP contribution >= 0.6 is 15.9 Å². The van der Waals surface area contributed by atoms with Crippen molar-refractivity contribution in [2.45, 2.75) is 32.7 Å². The predicted molar refractivity (Wildman–Crippen MR) is 108 cm³/mol. The Morgan fingerprint density at radius 2 is 1.81 bits per heavy atom. The van der Waals surface area contributed by atoms with Gasteiger partial charge in [0.2, 0.25) is 0 Å². The molecule has 0 bridgehead atoms. The molecule has 3 heterocycles. The van der Waals surface area contributed by atoms with Gasteiger partial charge in [-0.1, -0.05) is 0 Å². The molecule has 6 heteroatoms.